The summed E-state index contributed by atoms with van der Waals surface area (Å²) in [5.74, 6) is -0.0260. The zero-order valence-corrected chi connectivity index (χ0v) is 12.0. The molecule has 2 unspecified atom stereocenters. The van der Waals surface area contributed by atoms with Crippen LogP contribution in [0.25, 0.3) is 0 Å². The van der Waals surface area contributed by atoms with Crippen LogP contribution < -0.4 is 20.7 Å². The van der Waals surface area contributed by atoms with Gasteiger partial charge in [-0.15, -0.1) is 0 Å². The van der Waals surface area contributed by atoms with E-state index in [0.29, 0.717) is 18.0 Å². The summed E-state index contributed by atoms with van der Waals surface area (Å²) >= 11 is 0. The monoisotopic (exact) mass is 289 g/mol. The molecule has 2 amide bonds. The fourth-order valence-corrected chi connectivity index (χ4v) is 2.90. The molecule has 0 aromatic heterocycles. The number of hydrogen-bond acceptors (Lipinski definition) is 4. The zero-order valence-electron chi connectivity index (χ0n) is 12.0. The van der Waals surface area contributed by atoms with E-state index in [1.165, 1.54) is 0 Å². The number of benzene rings is 1. The molecule has 3 rings (SSSR count). The van der Waals surface area contributed by atoms with Gasteiger partial charge in [0.2, 0.25) is 5.91 Å². The number of carbonyl (C=O) groups is 2. The largest absolute Gasteiger partial charge is 0.477 e. The maximum absolute atomic E-state index is 12.9. The number of amides is 2. The normalized spacial score (nSPS) is 27.9. The van der Waals surface area contributed by atoms with Crippen molar-refractivity contribution in [3.8, 4) is 5.75 Å². The first kappa shape index (κ1) is 13.9. The van der Waals surface area contributed by atoms with Crippen LogP contribution in [0.3, 0.4) is 0 Å². The van der Waals surface area contributed by atoms with Crippen LogP contribution >= 0.6 is 0 Å². The van der Waals surface area contributed by atoms with Crippen molar-refractivity contribution in [2.24, 2.45) is 11.1 Å². The summed E-state index contributed by atoms with van der Waals surface area (Å²) in [4.78, 5) is 26.1. The Morgan fingerprint density at radius 2 is 2.19 bits per heavy atom. The van der Waals surface area contributed by atoms with Gasteiger partial charge in [0.15, 0.2) is 6.10 Å². The molecule has 0 saturated carbocycles. The van der Waals surface area contributed by atoms with Gasteiger partial charge >= 0.3 is 0 Å². The Morgan fingerprint density at radius 3 is 2.86 bits per heavy atom. The van der Waals surface area contributed by atoms with Crippen molar-refractivity contribution >= 4 is 17.5 Å². The van der Waals surface area contributed by atoms with Gasteiger partial charge in [-0.2, -0.15) is 0 Å². The molecule has 3 N–H and O–H groups in total. The Balaban J connectivity index is 1.96. The highest BCUT2D eigenvalue weighted by molar-refractivity contribution is 6.00. The Labute approximate surface area is 123 Å². The molecule has 2 aliphatic rings. The first-order chi connectivity index (χ1) is 10.0. The van der Waals surface area contributed by atoms with E-state index >= 15 is 0 Å². The third kappa shape index (κ3) is 2.35. The maximum atomic E-state index is 12.9. The van der Waals surface area contributed by atoms with Crippen molar-refractivity contribution in [2.45, 2.75) is 19.4 Å². The van der Waals surface area contributed by atoms with Crippen molar-refractivity contribution in [1.82, 2.24) is 5.32 Å². The summed E-state index contributed by atoms with van der Waals surface area (Å²) in [6, 6.07) is 7.24. The van der Waals surface area contributed by atoms with E-state index in [-0.39, 0.29) is 12.5 Å². The van der Waals surface area contributed by atoms with Crippen molar-refractivity contribution in [2.75, 3.05) is 24.5 Å². The second-order valence-electron chi connectivity index (χ2n) is 5.88. The molecule has 1 aromatic carbocycles. The summed E-state index contributed by atoms with van der Waals surface area (Å²) in [6.07, 6.45) is -0.0196. The molecule has 1 aromatic rings. The van der Waals surface area contributed by atoms with Gasteiger partial charge in [0.05, 0.1) is 17.6 Å². The van der Waals surface area contributed by atoms with Crippen LogP contribution in [0.4, 0.5) is 5.69 Å². The summed E-state index contributed by atoms with van der Waals surface area (Å²) in [5, 5.41) is 3.22. The van der Waals surface area contributed by atoms with Crippen LogP contribution in [-0.4, -0.2) is 37.6 Å². The third-order valence-corrected chi connectivity index (χ3v) is 4.22. The SMILES string of the molecule is CC1(C(=O)N2CC(C(N)=O)Oc3ccccc32)CCNC1. The molecule has 0 radical (unpaired) electrons. The highest BCUT2D eigenvalue weighted by Gasteiger charge is 2.43. The first-order valence-electron chi connectivity index (χ1n) is 7.09. The van der Waals surface area contributed by atoms with Crippen LogP contribution in [0, 0.1) is 5.41 Å². The number of ether oxygens (including phenoxy) is 1. The van der Waals surface area contributed by atoms with Crippen molar-refractivity contribution in [1.29, 1.82) is 0 Å². The average molecular weight is 289 g/mol. The number of hydrogen-bond donors (Lipinski definition) is 2. The van der Waals surface area contributed by atoms with Gasteiger partial charge in [-0.25, -0.2) is 0 Å². The molecule has 0 aliphatic carbocycles. The van der Waals surface area contributed by atoms with Gasteiger partial charge in [0, 0.05) is 6.54 Å². The number of primary amides is 1. The van der Waals surface area contributed by atoms with Gasteiger partial charge in [0.1, 0.15) is 5.75 Å². The lowest BCUT2D eigenvalue weighted by molar-refractivity contribution is -0.128. The van der Waals surface area contributed by atoms with Gasteiger partial charge in [0.25, 0.3) is 5.91 Å². The quantitative estimate of drug-likeness (QED) is 0.818. The topological polar surface area (TPSA) is 84.7 Å². The smallest absolute Gasteiger partial charge is 0.260 e. The molecule has 112 valence electrons. The lowest BCUT2D eigenvalue weighted by atomic mass is 9.87. The van der Waals surface area contributed by atoms with Crippen LogP contribution in [0.5, 0.6) is 5.75 Å². The molecule has 2 aliphatic heterocycles. The van der Waals surface area contributed by atoms with Gasteiger partial charge < -0.3 is 20.7 Å². The van der Waals surface area contributed by atoms with Crippen molar-refractivity contribution in [3.05, 3.63) is 24.3 Å². The average Bonchev–Trinajstić information content (AvgIpc) is 2.93. The standard InChI is InChI=1S/C15H19N3O3/c1-15(6-7-17-9-15)14(20)18-8-12(13(16)19)21-11-5-3-2-4-10(11)18/h2-5,12,17H,6-9H2,1H3,(H2,16,19). The van der Waals surface area contributed by atoms with Crippen LogP contribution in [-0.2, 0) is 9.59 Å². The molecule has 1 saturated heterocycles. The summed E-state index contributed by atoms with van der Waals surface area (Å²) in [5.41, 5.74) is 5.61. The highest BCUT2D eigenvalue weighted by atomic mass is 16.5. The van der Waals surface area contributed by atoms with Crippen LogP contribution in [0.15, 0.2) is 24.3 Å². The van der Waals surface area contributed by atoms with E-state index in [2.05, 4.69) is 5.32 Å². The second-order valence-corrected chi connectivity index (χ2v) is 5.88. The van der Waals surface area contributed by atoms with Crippen LogP contribution in [0.2, 0.25) is 0 Å². The Morgan fingerprint density at radius 1 is 1.43 bits per heavy atom. The van der Waals surface area contributed by atoms with E-state index in [4.69, 9.17) is 10.5 Å². The molecule has 6 heteroatoms. The molecule has 0 bridgehead atoms. The number of carbonyl (C=O) groups excluding carboxylic acids is 2. The Hall–Kier alpha value is -2.08. The minimum Gasteiger partial charge on any atom is -0.477 e. The van der Waals surface area contributed by atoms with E-state index < -0.39 is 17.4 Å². The van der Waals surface area contributed by atoms with Crippen LogP contribution in [0.1, 0.15) is 13.3 Å². The minimum atomic E-state index is -0.804. The van der Waals surface area contributed by atoms with E-state index in [0.717, 1.165) is 13.0 Å². The van der Waals surface area contributed by atoms with E-state index in [9.17, 15) is 9.59 Å². The molecule has 2 heterocycles. The fourth-order valence-electron chi connectivity index (χ4n) is 2.90. The summed E-state index contributed by atoms with van der Waals surface area (Å²) in [6.45, 7) is 3.59. The number of nitrogens with one attached hydrogen (secondary N) is 1. The molecule has 0 spiro atoms. The molecule has 2 atom stereocenters. The predicted octanol–water partition coefficient (Wildman–Crippen LogP) is 0.265. The first-order valence-corrected chi connectivity index (χ1v) is 7.09. The molecular formula is C15H19N3O3. The number of nitrogens with two attached hydrogens (primary N) is 1. The van der Waals surface area contributed by atoms with Crippen molar-refractivity contribution < 1.29 is 14.3 Å². The number of para-hydroxylation sites is 2. The predicted molar refractivity (Wildman–Crippen MR) is 78.0 cm³/mol. The molecular weight excluding hydrogens is 270 g/mol. The molecule has 6 nitrogen and oxygen atoms in total. The third-order valence-electron chi connectivity index (χ3n) is 4.22. The minimum absolute atomic E-state index is 0.00880. The van der Waals surface area contributed by atoms with E-state index in [1.54, 1.807) is 11.0 Å². The zero-order chi connectivity index (χ0) is 15.0. The summed E-state index contributed by atoms with van der Waals surface area (Å²) in [7, 11) is 0. The number of nitrogens with zero attached hydrogens (tertiary/aromatic N) is 1. The van der Waals surface area contributed by atoms with Gasteiger partial charge in [-0.05, 0) is 32.0 Å². The second kappa shape index (κ2) is 5.04. The number of rotatable bonds is 2. The fraction of sp³-hybridized carbons (Fsp3) is 0.467. The Bertz CT molecular complexity index is 581. The molecule has 21 heavy (non-hydrogen) atoms. The maximum Gasteiger partial charge on any atom is 0.260 e. The van der Waals surface area contributed by atoms with E-state index in [1.807, 2.05) is 25.1 Å². The number of anilines is 1. The van der Waals surface area contributed by atoms with Crippen molar-refractivity contribution in [3.63, 3.8) is 0 Å². The van der Waals surface area contributed by atoms with Gasteiger partial charge in [-0.1, -0.05) is 12.1 Å². The Kier molecular flexibility index (Phi) is 3.33. The van der Waals surface area contributed by atoms with Gasteiger partial charge in [-0.3, -0.25) is 9.59 Å². The highest BCUT2D eigenvalue weighted by Crippen LogP contribution is 2.37. The lowest BCUT2D eigenvalue weighted by Gasteiger charge is -2.37. The number of fused-ring (bicyclic) bond motifs is 1. The lowest BCUT2D eigenvalue weighted by Crippen LogP contribution is -2.53. The summed E-state index contributed by atoms with van der Waals surface area (Å²) < 4.78 is 5.59. The molecule has 1 fully saturated rings.